The number of rotatable bonds is 13. The molecule has 0 spiro atoms. The van der Waals surface area contributed by atoms with Gasteiger partial charge in [0.25, 0.3) is 0 Å². The molecule has 0 aromatic carbocycles. The third kappa shape index (κ3) is 8.61. The predicted octanol–water partition coefficient (Wildman–Crippen LogP) is 3.09. The Morgan fingerprint density at radius 3 is 1.54 bits per heavy atom. The van der Waals surface area contributed by atoms with Gasteiger partial charge >= 0.3 is 0 Å². The third-order valence-electron chi connectivity index (χ3n) is 4.77. The molecule has 0 rings (SSSR count). The van der Waals surface area contributed by atoms with Crippen molar-refractivity contribution in [2.75, 3.05) is 23.0 Å². The van der Waals surface area contributed by atoms with E-state index >= 15 is 0 Å². The van der Waals surface area contributed by atoms with Crippen molar-refractivity contribution in [2.24, 2.45) is 5.41 Å². The van der Waals surface area contributed by atoms with Gasteiger partial charge in [0.1, 0.15) is 0 Å². The molecule has 0 radical (unpaired) electrons. The first-order chi connectivity index (χ1) is 12.8. The molecule has 0 bridgehead atoms. The topological polar surface area (TPSA) is 102 Å². The van der Waals surface area contributed by atoms with E-state index in [9.17, 15) is 25.3 Å². The van der Waals surface area contributed by atoms with Gasteiger partial charge in [0.2, 0.25) is 0 Å². The van der Waals surface area contributed by atoms with Crippen LogP contribution in [-0.4, -0.2) is 53.5 Å². The second-order valence-electron chi connectivity index (χ2n) is 6.97. The van der Waals surface area contributed by atoms with Crippen LogP contribution in [0, 0.1) is 5.41 Å². The van der Waals surface area contributed by atoms with Gasteiger partial charge in [-0.15, -0.1) is 0 Å². The standard InChI is InChI=1S/C19H34O6S3/c1-6-10-13-26(20,21)16-19(9-4,17-27(22,23)14-11-7-2)18(5)28(24,25)15-12-8-3/h6-7,10-12,15,18H,8-9,13-14,16-17H2,1-5H3. The largest absolute Gasteiger partial charge is 0.228 e. The lowest BCUT2D eigenvalue weighted by Crippen LogP contribution is -2.48. The van der Waals surface area contributed by atoms with E-state index in [-0.39, 0.29) is 17.9 Å². The highest BCUT2D eigenvalue weighted by Crippen LogP contribution is 2.36. The fourth-order valence-corrected chi connectivity index (χ4v) is 9.08. The summed E-state index contributed by atoms with van der Waals surface area (Å²) < 4.78 is 76.1. The van der Waals surface area contributed by atoms with Crippen molar-refractivity contribution >= 4 is 29.5 Å². The molecule has 28 heavy (non-hydrogen) atoms. The van der Waals surface area contributed by atoms with E-state index in [1.165, 1.54) is 25.2 Å². The van der Waals surface area contributed by atoms with E-state index in [1.54, 1.807) is 39.8 Å². The van der Waals surface area contributed by atoms with Crippen LogP contribution >= 0.6 is 0 Å². The molecule has 0 N–H and O–H groups in total. The van der Waals surface area contributed by atoms with Crippen molar-refractivity contribution in [2.45, 2.75) is 52.7 Å². The van der Waals surface area contributed by atoms with Crippen LogP contribution in [-0.2, 0) is 29.5 Å². The van der Waals surface area contributed by atoms with Crippen LogP contribution in [0.2, 0.25) is 0 Å². The lowest BCUT2D eigenvalue weighted by atomic mass is 9.86. The molecular formula is C19H34O6S3. The Bertz CT molecular complexity index is 830. The molecule has 0 saturated carbocycles. The van der Waals surface area contributed by atoms with Crippen molar-refractivity contribution in [3.63, 3.8) is 0 Å². The van der Waals surface area contributed by atoms with Crippen molar-refractivity contribution in [3.05, 3.63) is 35.8 Å². The van der Waals surface area contributed by atoms with Crippen LogP contribution in [0.15, 0.2) is 35.8 Å². The molecule has 1 atom stereocenters. The molecular weight excluding hydrogens is 420 g/mol. The summed E-state index contributed by atoms with van der Waals surface area (Å²) >= 11 is 0. The fraction of sp³-hybridized carbons (Fsp3) is 0.684. The number of sulfone groups is 3. The summed E-state index contributed by atoms with van der Waals surface area (Å²) in [6, 6.07) is 0. The van der Waals surface area contributed by atoms with Gasteiger partial charge in [-0.05, 0) is 33.6 Å². The highest BCUT2D eigenvalue weighted by Gasteiger charge is 2.46. The molecule has 0 saturated heterocycles. The van der Waals surface area contributed by atoms with Gasteiger partial charge < -0.3 is 0 Å². The van der Waals surface area contributed by atoms with Crippen LogP contribution in [0.5, 0.6) is 0 Å². The van der Waals surface area contributed by atoms with Gasteiger partial charge in [-0.1, -0.05) is 44.2 Å². The van der Waals surface area contributed by atoms with Crippen molar-refractivity contribution in [1.82, 2.24) is 0 Å². The predicted molar refractivity (Wildman–Crippen MR) is 117 cm³/mol. The Labute approximate surface area is 171 Å². The van der Waals surface area contributed by atoms with Crippen LogP contribution in [0.1, 0.15) is 47.5 Å². The zero-order valence-electron chi connectivity index (χ0n) is 17.5. The smallest absolute Gasteiger partial charge is 0.174 e. The molecule has 0 fully saturated rings. The van der Waals surface area contributed by atoms with Crippen LogP contribution in [0.4, 0.5) is 0 Å². The molecule has 6 nitrogen and oxygen atoms in total. The van der Waals surface area contributed by atoms with Crippen molar-refractivity contribution in [3.8, 4) is 0 Å². The molecule has 9 heteroatoms. The molecule has 0 aromatic heterocycles. The summed E-state index contributed by atoms with van der Waals surface area (Å²) in [5.74, 6) is -1.51. The molecule has 0 aliphatic heterocycles. The van der Waals surface area contributed by atoms with E-state index in [1.807, 2.05) is 0 Å². The maximum atomic E-state index is 12.8. The molecule has 1 unspecified atom stereocenters. The summed E-state index contributed by atoms with van der Waals surface area (Å²) in [6.07, 6.45) is 8.23. The van der Waals surface area contributed by atoms with Gasteiger partial charge in [-0.2, -0.15) is 0 Å². The SMILES string of the molecule is CC=CCS(=O)(=O)CC(CC)(CS(=O)(=O)CC=CC)C(C)S(=O)(=O)C=CCC. The van der Waals surface area contributed by atoms with E-state index in [2.05, 4.69) is 0 Å². The maximum Gasteiger partial charge on any atom is 0.174 e. The van der Waals surface area contributed by atoms with Crippen LogP contribution in [0.25, 0.3) is 0 Å². The molecule has 0 aliphatic carbocycles. The van der Waals surface area contributed by atoms with Crippen LogP contribution < -0.4 is 0 Å². The minimum Gasteiger partial charge on any atom is -0.228 e. The van der Waals surface area contributed by atoms with Gasteiger partial charge in [0.15, 0.2) is 29.5 Å². The molecule has 0 aromatic rings. The highest BCUT2D eigenvalue weighted by molar-refractivity contribution is 7.95. The van der Waals surface area contributed by atoms with Crippen molar-refractivity contribution in [1.29, 1.82) is 0 Å². The van der Waals surface area contributed by atoms with Gasteiger partial charge in [-0.25, -0.2) is 25.3 Å². The summed E-state index contributed by atoms with van der Waals surface area (Å²) in [5.41, 5.74) is -1.43. The zero-order chi connectivity index (χ0) is 22.1. The number of allylic oxidation sites excluding steroid dienone is 3. The highest BCUT2D eigenvalue weighted by atomic mass is 32.2. The zero-order valence-corrected chi connectivity index (χ0v) is 19.9. The number of hydrogen-bond donors (Lipinski definition) is 0. The van der Waals surface area contributed by atoms with Crippen molar-refractivity contribution < 1.29 is 25.3 Å². The molecule has 0 heterocycles. The first-order valence-electron chi connectivity index (χ1n) is 9.35. The van der Waals surface area contributed by atoms with E-state index in [0.717, 1.165) is 5.41 Å². The summed E-state index contributed by atoms with van der Waals surface area (Å²) in [5, 5.41) is -0.0901. The number of hydrogen-bond acceptors (Lipinski definition) is 6. The Morgan fingerprint density at radius 2 is 1.21 bits per heavy atom. The average molecular weight is 455 g/mol. The van der Waals surface area contributed by atoms with Gasteiger partial charge in [0, 0.05) is 10.8 Å². The Morgan fingerprint density at radius 1 is 0.786 bits per heavy atom. The Kier molecular flexibility index (Phi) is 10.9. The van der Waals surface area contributed by atoms with Gasteiger partial charge in [-0.3, -0.25) is 0 Å². The van der Waals surface area contributed by atoms with E-state index < -0.39 is 51.7 Å². The Balaban J connectivity index is 6.36. The third-order valence-corrected chi connectivity index (χ3v) is 10.3. The second-order valence-corrected chi connectivity index (χ2v) is 13.4. The van der Waals surface area contributed by atoms with Gasteiger partial charge in [0.05, 0.1) is 28.3 Å². The summed E-state index contributed by atoms with van der Waals surface area (Å²) in [6.45, 7) is 8.22. The quantitative estimate of drug-likeness (QED) is 0.396. The van der Waals surface area contributed by atoms with E-state index in [0.29, 0.717) is 6.42 Å². The normalized spacial score (nSPS) is 17.5. The van der Waals surface area contributed by atoms with Crippen LogP contribution in [0.3, 0.4) is 0 Å². The maximum absolute atomic E-state index is 12.8. The lowest BCUT2D eigenvalue weighted by molar-refractivity contribution is 0.342. The Hall–Kier alpha value is -0.930. The second kappa shape index (κ2) is 11.3. The lowest BCUT2D eigenvalue weighted by Gasteiger charge is -2.37. The molecule has 0 amide bonds. The van der Waals surface area contributed by atoms with E-state index in [4.69, 9.17) is 0 Å². The first-order valence-corrected chi connectivity index (χ1v) is 14.6. The monoisotopic (exact) mass is 454 g/mol. The minimum atomic E-state index is -3.82. The fourth-order valence-electron chi connectivity index (χ4n) is 2.94. The summed E-state index contributed by atoms with van der Waals surface area (Å²) in [7, 11) is -11.2. The molecule has 0 aliphatic rings. The first kappa shape index (κ1) is 27.1. The molecule has 164 valence electrons. The average Bonchev–Trinajstić information content (AvgIpc) is 2.61. The summed E-state index contributed by atoms with van der Waals surface area (Å²) in [4.78, 5) is 0. The minimum absolute atomic E-state index is 0.109.